The van der Waals surface area contributed by atoms with Gasteiger partial charge < -0.3 is 15.0 Å². The van der Waals surface area contributed by atoms with E-state index in [1.54, 1.807) is 0 Å². The van der Waals surface area contributed by atoms with Gasteiger partial charge in [-0.25, -0.2) is 4.39 Å². The summed E-state index contributed by atoms with van der Waals surface area (Å²) in [5, 5.41) is 2.87. The number of anilines is 1. The summed E-state index contributed by atoms with van der Waals surface area (Å²) in [5.74, 6) is -0.428. The number of benzene rings is 2. The van der Waals surface area contributed by atoms with Crippen LogP contribution in [0.1, 0.15) is 41.3 Å². The van der Waals surface area contributed by atoms with E-state index < -0.39 is 0 Å². The van der Waals surface area contributed by atoms with Gasteiger partial charge in [0, 0.05) is 36.9 Å². The fraction of sp³-hybridized carbons (Fsp3) is 0.348. The number of nitrogens with zero attached hydrogens (tertiary/aromatic N) is 1. The topological polar surface area (TPSA) is 58.6 Å². The molecule has 0 unspecified atom stereocenters. The van der Waals surface area contributed by atoms with Gasteiger partial charge in [0.2, 0.25) is 5.91 Å². The van der Waals surface area contributed by atoms with Gasteiger partial charge in [-0.15, -0.1) is 0 Å². The minimum atomic E-state index is -0.374. The van der Waals surface area contributed by atoms with Gasteiger partial charge in [-0.05, 0) is 67.6 Å². The normalized spacial score (nSPS) is 16.7. The summed E-state index contributed by atoms with van der Waals surface area (Å²) in [6.45, 7) is 3.83. The van der Waals surface area contributed by atoms with Gasteiger partial charge >= 0.3 is 0 Å². The lowest BCUT2D eigenvalue weighted by Gasteiger charge is -2.27. The van der Waals surface area contributed by atoms with Crippen molar-refractivity contribution in [1.29, 1.82) is 0 Å². The Bertz CT molecular complexity index is 907. The van der Waals surface area contributed by atoms with Crippen molar-refractivity contribution in [3.05, 3.63) is 71.0 Å². The van der Waals surface area contributed by atoms with Crippen LogP contribution in [0.25, 0.3) is 0 Å². The maximum Gasteiger partial charge on any atom is 0.252 e. The van der Waals surface area contributed by atoms with Crippen molar-refractivity contribution in [3.63, 3.8) is 0 Å². The van der Waals surface area contributed by atoms with Crippen molar-refractivity contribution in [1.82, 2.24) is 5.32 Å². The SMILES string of the molecule is C[C](NC(=O)c1ccc(F)cc1)c1ccc2c(c1)CCN2C(=O)C1CCOCC1. The summed E-state index contributed by atoms with van der Waals surface area (Å²) in [4.78, 5) is 27.2. The molecule has 2 amide bonds. The lowest BCUT2D eigenvalue weighted by Crippen LogP contribution is -2.37. The van der Waals surface area contributed by atoms with Crippen LogP contribution in [0.5, 0.6) is 0 Å². The molecule has 4 rings (SSSR count). The molecule has 29 heavy (non-hydrogen) atoms. The zero-order valence-corrected chi connectivity index (χ0v) is 16.4. The third-order valence-corrected chi connectivity index (χ3v) is 5.65. The molecule has 2 heterocycles. The van der Waals surface area contributed by atoms with Crippen LogP contribution in [-0.4, -0.2) is 31.6 Å². The molecule has 0 aliphatic carbocycles. The van der Waals surface area contributed by atoms with Gasteiger partial charge in [-0.1, -0.05) is 12.1 Å². The highest BCUT2D eigenvalue weighted by Gasteiger charge is 2.31. The molecule has 1 radical (unpaired) electrons. The second-order valence-electron chi connectivity index (χ2n) is 7.56. The van der Waals surface area contributed by atoms with E-state index in [1.165, 1.54) is 24.3 Å². The average Bonchev–Trinajstić information content (AvgIpc) is 3.17. The molecule has 2 aliphatic heterocycles. The van der Waals surface area contributed by atoms with Gasteiger partial charge in [0.15, 0.2) is 0 Å². The van der Waals surface area contributed by atoms with Crippen molar-refractivity contribution in [2.24, 2.45) is 5.92 Å². The quantitative estimate of drug-likeness (QED) is 0.862. The number of amides is 2. The summed E-state index contributed by atoms with van der Waals surface area (Å²) in [7, 11) is 0. The summed E-state index contributed by atoms with van der Waals surface area (Å²) in [6.07, 6.45) is 2.37. The molecule has 2 aromatic carbocycles. The summed E-state index contributed by atoms with van der Waals surface area (Å²) in [5.41, 5.74) is 3.38. The largest absolute Gasteiger partial charge is 0.381 e. The standard InChI is InChI=1S/C23H24FN2O3/c1-15(25-22(27)16-2-5-20(24)6-3-16)18-4-7-21-19(14-18)8-11-26(21)23(28)17-9-12-29-13-10-17/h2-7,14,17H,8-13H2,1H3,(H,25,27). The lowest BCUT2D eigenvalue weighted by atomic mass is 9.98. The highest BCUT2D eigenvalue weighted by molar-refractivity contribution is 5.97. The first kappa shape index (κ1) is 19.6. The van der Waals surface area contributed by atoms with Crippen LogP contribution in [0.2, 0.25) is 0 Å². The van der Waals surface area contributed by atoms with E-state index in [9.17, 15) is 14.0 Å². The van der Waals surface area contributed by atoms with E-state index in [-0.39, 0.29) is 23.5 Å². The molecule has 2 aliphatic rings. The number of fused-ring (bicyclic) bond motifs is 1. The van der Waals surface area contributed by atoms with E-state index >= 15 is 0 Å². The molecule has 6 heteroatoms. The Morgan fingerprint density at radius 2 is 1.76 bits per heavy atom. The molecule has 2 aromatic rings. The fourth-order valence-electron chi connectivity index (χ4n) is 3.94. The number of hydrogen-bond donors (Lipinski definition) is 1. The maximum absolute atomic E-state index is 13.0. The Hall–Kier alpha value is -2.73. The summed E-state index contributed by atoms with van der Waals surface area (Å²) >= 11 is 0. The highest BCUT2D eigenvalue weighted by atomic mass is 19.1. The van der Waals surface area contributed by atoms with E-state index in [0.29, 0.717) is 25.3 Å². The first-order valence-electron chi connectivity index (χ1n) is 9.96. The van der Waals surface area contributed by atoms with Crippen LogP contribution < -0.4 is 10.2 Å². The molecule has 1 saturated heterocycles. The van der Waals surface area contributed by atoms with Crippen LogP contribution >= 0.6 is 0 Å². The molecule has 5 nitrogen and oxygen atoms in total. The average molecular weight is 395 g/mol. The second kappa shape index (κ2) is 8.33. The van der Waals surface area contributed by atoms with E-state index in [4.69, 9.17) is 4.74 Å². The van der Waals surface area contributed by atoms with Crippen molar-refractivity contribution in [2.45, 2.75) is 26.2 Å². The molecular weight excluding hydrogens is 371 g/mol. The van der Waals surface area contributed by atoms with Gasteiger partial charge in [0.25, 0.3) is 5.91 Å². The third-order valence-electron chi connectivity index (χ3n) is 5.65. The van der Waals surface area contributed by atoms with E-state index in [1.807, 2.05) is 30.0 Å². The van der Waals surface area contributed by atoms with Crippen LogP contribution in [0.3, 0.4) is 0 Å². The fourth-order valence-corrected chi connectivity index (χ4v) is 3.94. The van der Waals surface area contributed by atoms with Gasteiger partial charge in [0.05, 0.1) is 6.04 Å². The van der Waals surface area contributed by atoms with Crippen LogP contribution in [0, 0.1) is 17.8 Å². The number of ether oxygens (including phenoxy) is 1. The first-order valence-corrected chi connectivity index (χ1v) is 9.96. The third kappa shape index (κ3) is 4.17. The molecule has 0 atom stereocenters. The zero-order chi connectivity index (χ0) is 20.4. The number of rotatable bonds is 4. The number of nitrogens with one attached hydrogen (secondary N) is 1. The first-order chi connectivity index (χ1) is 14.0. The number of halogens is 1. The van der Waals surface area contributed by atoms with Crippen molar-refractivity contribution in [2.75, 3.05) is 24.7 Å². The molecule has 1 N–H and O–H groups in total. The van der Waals surface area contributed by atoms with Gasteiger partial charge in [-0.3, -0.25) is 9.59 Å². The summed E-state index contributed by atoms with van der Waals surface area (Å²) < 4.78 is 18.4. The molecular formula is C23H24FN2O3. The lowest BCUT2D eigenvalue weighted by molar-refractivity contribution is -0.125. The zero-order valence-electron chi connectivity index (χ0n) is 16.4. The van der Waals surface area contributed by atoms with Gasteiger partial charge in [0.1, 0.15) is 5.82 Å². The Labute approximate surface area is 169 Å². The molecule has 0 aromatic heterocycles. The molecule has 1 fully saturated rings. The molecule has 0 spiro atoms. The van der Waals surface area contributed by atoms with Gasteiger partial charge in [-0.2, -0.15) is 0 Å². The monoisotopic (exact) mass is 395 g/mol. The number of carbonyl (C=O) groups excluding carboxylic acids is 2. The second-order valence-corrected chi connectivity index (χ2v) is 7.56. The van der Waals surface area contributed by atoms with Crippen LogP contribution in [0.15, 0.2) is 42.5 Å². The van der Waals surface area contributed by atoms with Crippen molar-refractivity contribution < 1.29 is 18.7 Å². The minimum Gasteiger partial charge on any atom is -0.381 e. The number of hydrogen-bond acceptors (Lipinski definition) is 3. The van der Waals surface area contributed by atoms with Crippen LogP contribution in [0.4, 0.5) is 10.1 Å². The molecule has 0 bridgehead atoms. The molecule has 151 valence electrons. The summed E-state index contributed by atoms with van der Waals surface area (Å²) in [6, 6.07) is 12.1. The highest BCUT2D eigenvalue weighted by Crippen LogP contribution is 2.33. The van der Waals surface area contributed by atoms with E-state index in [2.05, 4.69) is 5.32 Å². The predicted octanol–water partition coefficient (Wildman–Crippen LogP) is 3.47. The Kier molecular flexibility index (Phi) is 5.62. The minimum absolute atomic E-state index is 0.0395. The smallest absolute Gasteiger partial charge is 0.252 e. The predicted molar refractivity (Wildman–Crippen MR) is 108 cm³/mol. The Balaban J connectivity index is 1.44. The molecule has 0 saturated carbocycles. The van der Waals surface area contributed by atoms with Crippen molar-refractivity contribution >= 4 is 17.5 Å². The van der Waals surface area contributed by atoms with Crippen LogP contribution in [-0.2, 0) is 16.0 Å². The van der Waals surface area contributed by atoms with Crippen molar-refractivity contribution in [3.8, 4) is 0 Å². The van der Waals surface area contributed by atoms with E-state index in [0.717, 1.165) is 42.1 Å². The number of carbonyl (C=O) groups is 2. The maximum atomic E-state index is 13.0. The Morgan fingerprint density at radius 1 is 1.07 bits per heavy atom. The Morgan fingerprint density at radius 3 is 2.48 bits per heavy atom.